The molecule has 0 nitrogen and oxygen atoms in total. The molecule has 0 amide bonds. The van der Waals surface area contributed by atoms with Gasteiger partial charge < -0.3 is 0 Å². The second-order valence-electron chi connectivity index (χ2n) is 3.75. The summed E-state index contributed by atoms with van der Waals surface area (Å²) in [4.78, 5) is 0. The average molecular weight is 122 g/mol. The highest BCUT2D eigenvalue weighted by atomic mass is 14.5. The molecule has 2 rings (SSSR count). The Morgan fingerprint density at radius 2 is 2.11 bits per heavy atom. The Labute approximate surface area is 57.0 Å². The first kappa shape index (κ1) is 5.52. The molecule has 0 N–H and O–H groups in total. The predicted octanol–water partition coefficient (Wildman–Crippen LogP) is 2.61. The van der Waals surface area contributed by atoms with E-state index in [-0.39, 0.29) is 0 Å². The lowest BCUT2D eigenvalue weighted by molar-refractivity contribution is 0.463. The van der Waals surface area contributed by atoms with Crippen LogP contribution in [0.1, 0.15) is 26.2 Å². The average Bonchev–Trinajstić information content (AvgIpc) is 2.46. The summed E-state index contributed by atoms with van der Waals surface area (Å²) in [5.74, 6) is 2.99. The molecule has 0 aromatic rings. The second-order valence-corrected chi connectivity index (χ2v) is 3.75. The van der Waals surface area contributed by atoms with Crippen LogP contribution in [0.5, 0.6) is 0 Å². The normalized spacial score (nSPS) is 48.6. The molecule has 50 valence electrons. The molecule has 2 aliphatic rings. The largest absolute Gasteiger partial charge is 0.0996 e. The lowest BCUT2D eigenvalue weighted by Gasteiger charge is -2.19. The van der Waals surface area contributed by atoms with Gasteiger partial charge in [0.15, 0.2) is 0 Å². The Bertz CT molecular complexity index is 146. The van der Waals surface area contributed by atoms with Gasteiger partial charge in [-0.05, 0) is 37.0 Å². The molecule has 0 heteroatoms. The van der Waals surface area contributed by atoms with E-state index in [1.165, 1.54) is 24.8 Å². The minimum Gasteiger partial charge on any atom is -0.0996 e. The molecule has 0 heterocycles. The van der Waals surface area contributed by atoms with Crippen LogP contribution < -0.4 is 0 Å². The first-order chi connectivity index (χ1) is 4.27. The van der Waals surface area contributed by atoms with Gasteiger partial charge in [-0.25, -0.2) is 0 Å². The van der Waals surface area contributed by atoms with Crippen molar-refractivity contribution in [1.82, 2.24) is 0 Å². The van der Waals surface area contributed by atoms with Crippen molar-refractivity contribution in [3.05, 3.63) is 12.2 Å². The third-order valence-electron chi connectivity index (χ3n) is 2.95. The quantitative estimate of drug-likeness (QED) is 0.433. The van der Waals surface area contributed by atoms with Crippen molar-refractivity contribution >= 4 is 0 Å². The van der Waals surface area contributed by atoms with E-state index in [0.29, 0.717) is 0 Å². The van der Waals surface area contributed by atoms with Crippen LogP contribution in [0.15, 0.2) is 12.2 Å². The molecule has 0 aromatic carbocycles. The van der Waals surface area contributed by atoms with Crippen molar-refractivity contribution in [2.24, 2.45) is 17.8 Å². The van der Waals surface area contributed by atoms with Crippen molar-refractivity contribution in [3.63, 3.8) is 0 Å². The van der Waals surface area contributed by atoms with E-state index in [4.69, 9.17) is 0 Å². The van der Waals surface area contributed by atoms with Crippen molar-refractivity contribution < 1.29 is 0 Å². The zero-order chi connectivity index (χ0) is 6.43. The summed E-state index contributed by atoms with van der Waals surface area (Å²) in [6, 6.07) is 0. The smallest absolute Gasteiger partial charge is 0.0232 e. The van der Waals surface area contributed by atoms with E-state index in [1.807, 2.05) is 0 Å². The van der Waals surface area contributed by atoms with Crippen LogP contribution in [-0.4, -0.2) is 0 Å². The number of hydrogen-bond acceptors (Lipinski definition) is 0. The maximum absolute atomic E-state index is 4.07. The van der Waals surface area contributed by atoms with Crippen LogP contribution in [0.3, 0.4) is 0 Å². The Morgan fingerprint density at radius 1 is 1.33 bits per heavy atom. The lowest BCUT2D eigenvalue weighted by atomic mass is 9.87. The lowest BCUT2D eigenvalue weighted by Crippen LogP contribution is -2.06. The molecule has 2 fully saturated rings. The van der Waals surface area contributed by atoms with Crippen molar-refractivity contribution in [2.75, 3.05) is 0 Å². The van der Waals surface area contributed by atoms with E-state index in [1.54, 1.807) is 0 Å². The van der Waals surface area contributed by atoms with Gasteiger partial charge in [-0.15, -0.1) is 0 Å². The Kier molecular flexibility index (Phi) is 0.992. The summed E-state index contributed by atoms with van der Waals surface area (Å²) < 4.78 is 0. The van der Waals surface area contributed by atoms with Crippen LogP contribution in [0.4, 0.5) is 0 Å². The molecule has 0 radical (unpaired) electrons. The van der Waals surface area contributed by atoms with Crippen LogP contribution >= 0.6 is 0 Å². The minimum absolute atomic E-state index is 0.828. The first-order valence-corrected chi connectivity index (χ1v) is 3.95. The van der Waals surface area contributed by atoms with Gasteiger partial charge in [-0.2, -0.15) is 0 Å². The molecule has 0 spiro atoms. The monoisotopic (exact) mass is 122 g/mol. The fourth-order valence-corrected chi connectivity index (χ4v) is 2.01. The maximum Gasteiger partial charge on any atom is -0.0232 e. The summed E-state index contributed by atoms with van der Waals surface area (Å²) in [5, 5.41) is 0. The van der Waals surface area contributed by atoms with Gasteiger partial charge in [-0.1, -0.05) is 19.1 Å². The van der Waals surface area contributed by atoms with Gasteiger partial charge in [0.05, 0.1) is 0 Å². The van der Waals surface area contributed by atoms with E-state index < -0.39 is 0 Å². The number of hydrogen-bond donors (Lipinski definition) is 0. The van der Waals surface area contributed by atoms with Crippen LogP contribution in [-0.2, 0) is 0 Å². The third-order valence-corrected chi connectivity index (χ3v) is 2.95. The van der Waals surface area contributed by atoms with Gasteiger partial charge in [-0.3, -0.25) is 0 Å². The molecule has 2 unspecified atom stereocenters. The highest BCUT2D eigenvalue weighted by Gasteiger charge is 2.41. The third kappa shape index (κ3) is 0.810. The minimum atomic E-state index is 0.828. The summed E-state index contributed by atoms with van der Waals surface area (Å²) in [6.45, 7) is 6.39. The maximum atomic E-state index is 4.07. The Morgan fingerprint density at radius 3 is 2.78 bits per heavy atom. The van der Waals surface area contributed by atoms with Gasteiger partial charge in [0, 0.05) is 0 Å². The van der Waals surface area contributed by atoms with Gasteiger partial charge >= 0.3 is 0 Å². The van der Waals surface area contributed by atoms with Gasteiger partial charge in [0.1, 0.15) is 0 Å². The summed E-state index contributed by atoms with van der Waals surface area (Å²) in [6.07, 6.45) is 4.28. The number of rotatable bonds is 0. The Hall–Kier alpha value is -0.260. The molecule has 0 bridgehead atoms. The number of fused-ring (bicyclic) bond motifs is 1. The number of allylic oxidation sites excluding steroid dienone is 1. The highest BCUT2D eigenvalue weighted by Crippen LogP contribution is 2.52. The molecule has 2 saturated carbocycles. The van der Waals surface area contributed by atoms with Crippen LogP contribution in [0.25, 0.3) is 0 Å². The molecule has 0 aromatic heterocycles. The van der Waals surface area contributed by atoms with Crippen molar-refractivity contribution in [2.45, 2.75) is 26.2 Å². The SMILES string of the molecule is C=C1CC2C[C@H]2CC1C. The molecule has 3 atom stereocenters. The van der Waals surface area contributed by atoms with E-state index in [9.17, 15) is 0 Å². The zero-order valence-electron chi connectivity index (χ0n) is 6.06. The molecular weight excluding hydrogens is 108 g/mol. The van der Waals surface area contributed by atoms with Crippen molar-refractivity contribution in [1.29, 1.82) is 0 Å². The summed E-state index contributed by atoms with van der Waals surface area (Å²) in [5.41, 5.74) is 1.51. The fourth-order valence-electron chi connectivity index (χ4n) is 2.01. The topological polar surface area (TPSA) is 0 Å². The van der Waals surface area contributed by atoms with Gasteiger partial charge in [0.25, 0.3) is 0 Å². The molecule has 2 aliphatic carbocycles. The summed E-state index contributed by atoms with van der Waals surface area (Å²) >= 11 is 0. The summed E-state index contributed by atoms with van der Waals surface area (Å²) in [7, 11) is 0. The van der Waals surface area contributed by atoms with Crippen LogP contribution in [0.2, 0.25) is 0 Å². The van der Waals surface area contributed by atoms with E-state index in [2.05, 4.69) is 13.5 Å². The van der Waals surface area contributed by atoms with Crippen molar-refractivity contribution in [3.8, 4) is 0 Å². The first-order valence-electron chi connectivity index (χ1n) is 3.95. The van der Waals surface area contributed by atoms with Crippen LogP contribution in [0, 0.1) is 17.8 Å². The highest BCUT2D eigenvalue weighted by molar-refractivity contribution is 5.11. The molecular formula is C9H14. The molecule has 0 saturated heterocycles. The predicted molar refractivity (Wildman–Crippen MR) is 39.1 cm³/mol. The zero-order valence-corrected chi connectivity index (χ0v) is 6.06. The van der Waals surface area contributed by atoms with E-state index >= 15 is 0 Å². The molecule has 9 heavy (non-hydrogen) atoms. The van der Waals surface area contributed by atoms with E-state index in [0.717, 1.165) is 17.8 Å². The van der Waals surface area contributed by atoms with Gasteiger partial charge in [0.2, 0.25) is 0 Å². The molecule has 0 aliphatic heterocycles. The second kappa shape index (κ2) is 1.62. The fraction of sp³-hybridized carbons (Fsp3) is 0.778. The standard InChI is InChI=1S/C9H14/c1-6-3-8-5-9(8)4-7(6)2/h7-9H,1,3-5H2,2H3/t7?,8?,9-/m1/s1. The Balaban J connectivity index is 2.06.